The Labute approximate surface area is 158 Å². The van der Waals surface area contributed by atoms with Crippen molar-refractivity contribution in [3.63, 3.8) is 0 Å². The van der Waals surface area contributed by atoms with E-state index in [0.717, 1.165) is 11.3 Å². The van der Waals surface area contributed by atoms with E-state index in [1.807, 2.05) is 24.3 Å². The fourth-order valence-electron chi connectivity index (χ4n) is 4.18. The Hall–Kier alpha value is -2.73. The lowest BCUT2D eigenvalue weighted by molar-refractivity contribution is 0.0440. The number of amides is 1. The van der Waals surface area contributed by atoms with E-state index < -0.39 is 5.41 Å². The number of ether oxygens (including phenoxy) is 3. The van der Waals surface area contributed by atoms with Gasteiger partial charge in [0.05, 0.1) is 32.8 Å². The molecule has 0 spiro atoms. The van der Waals surface area contributed by atoms with Crippen LogP contribution in [0.15, 0.2) is 42.5 Å². The number of carbonyl (C=O) groups excluding carboxylic acids is 1. The molecule has 142 valence electrons. The highest BCUT2D eigenvalue weighted by molar-refractivity contribution is 5.95. The molecule has 2 aliphatic rings. The van der Waals surface area contributed by atoms with Crippen LogP contribution in [0.25, 0.3) is 0 Å². The minimum atomic E-state index is -0.472. The largest absolute Gasteiger partial charge is 0.493 e. The van der Waals surface area contributed by atoms with E-state index in [2.05, 4.69) is 0 Å². The molecule has 2 aromatic carbocycles. The fraction of sp³-hybridized carbons (Fsp3) is 0.381. The van der Waals surface area contributed by atoms with Crippen LogP contribution in [0.2, 0.25) is 0 Å². The first-order valence-electron chi connectivity index (χ1n) is 8.96. The molecule has 6 nitrogen and oxygen atoms in total. The zero-order valence-corrected chi connectivity index (χ0v) is 15.5. The Morgan fingerprint density at radius 2 is 2.00 bits per heavy atom. The SMILES string of the molecule is COc1ccc(C(=O)N2C[C@@H]3c4ccccc4OC[C@]3(CO)C2)cc1OC. The van der Waals surface area contributed by atoms with Crippen LogP contribution in [0.3, 0.4) is 0 Å². The number of methoxy groups -OCH3 is 2. The molecule has 2 atom stereocenters. The third-order valence-corrected chi connectivity index (χ3v) is 5.69. The fourth-order valence-corrected chi connectivity index (χ4v) is 4.18. The number of hydrogen-bond donors (Lipinski definition) is 1. The van der Waals surface area contributed by atoms with Crippen molar-refractivity contribution >= 4 is 5.91 Å². The van der Waals surface area contributed by atoms with Gasteiger partial charge in [-0.2, -0.15) is 0 Å². The van der Waals surface area contributed by atoms with Crippen molar-refractivity contribution in [2.45, 2.75) is 5.92 Å². The summed E-state index contributed by atoms with van der Waals surface area (Å²) >= 11 is 0. The molecule has 1 N–H and O–H groups in total. The Balaban J connectivity index is 1.64. The number of benzene rings is 2. The molecule has 0 aromatic heterocycles. The molecule has 27 heavy (non-hydrogen) atoms. The second kappa shape index (κ2) is 6.78. The van der Waals surface area contributed by atoms with Crippen molar-refractivity contribution in [2.24, 2.45) is 5.41 Å². The summed E-state index contributed by atoms with van der Waals surface area (Å²) in [6, 6.07) is 13.0. The predicted octanol–water partition coefficient (Wildman–Crippen LogP) is 2.31. The van der Waals surface area contributed by atoms with Gasteiger partial charge in [-0.1, -0.05) is 18.2 Å². The van der Waals surface area contributed by atoms with E-state index in [1.54, 1.807) is 37.3 Å². The monoisotopic (exact) mass is 369 g/mol. The van der Waals surface area contributed by atoms with Crippen molar-refractivity contribution in [3.8, 4) is 17.2 Å². The molecule has 1 amide bonds. The van der Waals surface area contributed by atoms with Gasteiger partial charge in [0.15, 0.2) is 11.5 Å². The van der Waals surface area contributed by atoms with Crippen LogP contribution in [0, 0.1) is 5.41 Å². The molecule has 0 unspecified atom stereocenters. The van der Waals surface area contributed by atoms with Crippen LogP contribution in [0.4, 0.5) is 0 Å². The van der Waals surface area contributed by atoms with Crippen molar-refractivity contribution in [3.05, 3.63) is 53.6 Å². The Morgan fingerprint density at radius 1 is 1.22 bits per heavy atom. The maximum atomic E-state index is 13.1. The van der Waals surface area contributed by atoms with Crippen LogP contribution in [-0.2, 0) is 0 Å². The number of fused-ring (bicyclic) bond motifs is 3. The maximum absolute atomic E-state index is 13.1. The average molecular weight is 369 g/mol. The first kappa shape index (κ1) is 17.7. The standard InChI is InChI=1S/C21H23NO5/c1-25-18-8-7-14(9-19(18)26-2)20(24)22-10-16-15-5-3-4-6-17(15)27-13-21(16,11-22)12-23/h3-9,16,23H,10-13H2,1-2H3/t16-,21-/m1/s1. The molecule has 0 saturated carbocycles. The molecule has 2 aliphatic heterocycles. The second-order valence-electron chi connectivity index (χ2n) is 7.16. The number of nitrogens with zero attached hydrogens (tertiary/aromatic N) is 1. The lowest BCUT2D eigenvalue weighted by atomic mass is 9.74. The highest BCUT2D eigenvalue weighted by Gasteiger charge is 2.52. The maximum Gasteiger partial charge on any atom is 0.254 e. The third kappa shape index (κ3) is 2.80. The van der Waals surface area contributed by atoms with Crippen LogP contribution in [-0.4, -0.2) is 56.4 Å². The number of rotatable bonds is 4. The molecule has 2 aromatic rings. The molecule has 0 aliphatic carbocycles. The zero-order valence-electron chi connectivity index (χ0n) is 15.5. The zero-order chi connectivity index (χ0) is 19.0. The summed E-state index contributed by atoms with van der Waals surface area (Å²) in [4.78, 5) is 14.9. The summed E-state index contributed by atoms with van der Waals surface area (Å²) in [5.74, 6) is 1.91. The molecule has 4 rings (SSSR count). The van der Waals surface area contributed by atoms with Gasteiger partial charge in [0.2, 0.25) is 0 Å². The van der Waals surface area contributed by atoms with Crippen molar-refractivity contribution in [2.75, 3.05) is 40.5 Å². The van der Waals surface area contributed by atoms with Gasteiger partial charge in [-0.15, -0.1) is 0 Å². The second-order valence-corrected chi connectivity index (χ2v) is 7.16. The smallest absolute Gasteiger partial charge is 0.254 e. The number of para-hydroxylation sites is 1. The minimum absolute atomic E-state index is 0.0261. The molecule has 2 heterocycles. The highest BCUT2D eigenvalue weighted by Crippen LogP contribution is 2.49. The van der Waals surface area contributed by atoms with Crippen molar-refractivity contribution in [1.29, 1.82) is 0 Å². The number of likely N-dealkylation sites (tertiary alicyclic amines) is 1. The summed E-state index contributed by atoms with van der Waals surface area (Å²) < 4.78 is 16.5. The molecule has 0 bridgehead atoms. The van der Waals surface area contributed by atoms with Crippen LogP contribution >= 0.6 is 0 Å². The Kier molecular flexibility index (Phi) is 4.44. The number of carbonyl (C=O) groups is 1. The summed E-state index contributed by atoms with van der Waals surface area (Å²) in [6.07, 6.45) is 0. The average Bonchev–Trinajstić information content (AvgIpc) is 3.13. The van der Waals surface area contributed by atoms with E-state index >= 15 is 0 Å². The number of aliphatic hydroxyl groups excluding tert-OH is 1. The van der Waals surface area contributed by atoms with E-state index in [4.69, 9.17) is 14.2 Å². The van der Waals surface area contributed by atoms with Crippen molar-refractivity contribution in [1.82, 2.24) is 4.90 Å². The highest BCUT2D eigenvalue weighted by atomic mass is 16.5. The molecule has 1 fully saturated rings. The van der Waals surface area contributed by atoms with Gasteiger partial charge in [-0.05, 0) is 29.8 Å². The molecular formula is C21H23NO5. The van der Waals surface area contributed by atoms with Crippen LogP contribution < -0.4 is 14.2 Å². The Bertz CT molecular complexity index is 867. The third-order valence-electron chi connectivity index (χ3n) is 5.69. The van der Waals surface area contributed by atoms with Crippen LogP contribution in [0.5, 0.6) is 17.2 Å². The lowest BCUT2D eigenvalue weighted by Gasteiger charge is -2.37. The summed E-state index contributed by atoms with van der Waals surface area (Å²) in [5.41, 5.74) is 1.12. The molecular weight excluding hydrogens is 346 g/mol. The molecule has 6 heteroatoms. The summed E-state index contributed by atoms with van der Waals surface area (Å²) in [7, 11) is 3.11. The van der Waals surface area contributed by atoms with Gasteiger partial charge in [-0.25, -0.2) is 0 Å². The topological polar surface area (TPSA) is 68.2 Å². The molecule has 0 radical (unpaired) electrons. The minimum Gasteiger partial charge on any atom is -0.493 e. The van der Waals surface area contributed by atoms with E-state index in [1.165, 1.54) is 0 Å². The van der Waals surface area contributed by atoms with Crippen LogP contribution in [0.1, 0.15) is 21.8 Å². The Morgan fingerprint density at radius 3 is 2.74 bits per heavy atom. The normalized spacial score (nSPS) is 23.2. The van der Waals surface area contributed by atoms with Gasteiger partial charge in [0, 0.05) is 24.6 Å². The van der Waals surface area contributed by atoms with E-state index in [9.17, 15) is 9.90 Å². The van der Waals surface area contributed by atoms with Gasteiger partial charge >= 0.3 is 0 Å². The van der Waals surface area contributed by atoms with Gasteiger partial charge in [-0.3, -0.25) is 4.79 Å². The first-order chi connectivity index (χ1) is 13.1. The predicted molar refractivity (Wildman–Crippen MR) is 99.6 cm³/mol. The molecule has 1 saturated heterocycles. The van der Waals surface area contributed by atoms with Gasteiger partial charge < -0.3 is 24.2 Å². The lowest BCUT2D eigenvalue weighted by Crippen LogP contribution is -2.42. The summed E-state index contributed by atoms with van der Waals surface area (Å²) in [6.45, 7) is 1.38. The quantitative estimate of drug-likeness (QED) is 0.896. The number of aliphatic hydroxyl groups is 1. The number of hydrogen-bond acceptors (Lipinski definition) is 5. The van der Waals surface area contributed by atoms with Gasteiger partial charge in [0.25, 0.3) is 5.91 Å². The van der Waals surface area contributed by atoms with E-state index in [0.29, 0.717) is 36.8 Å². The van der Waals surface area contributed by atoms with E-state index in [-0.39, 0.29) is 18.4 Å². The van der Waals surface area contributed by atoms with Crippen molar-refractivity contribution < 1.29 is 24.1 Å². The first-order valence-corrected chi connectivity index (χ1v) is 8.96. The van der Waals surface area contributed by atoms with Gasteiger partial charge in [0.1, 0.15) is 5.75 Å². The summed E-state index contributed by atoms with van der Waals surface area (Å²) in [5, 5.41) is 10.1.